The maximum Gasteiger partial charge on any atom is 0.167 e. The molecular formula is C32H48N2O4. The first-order chi connectivity index (χ1) is 17.8. The van der Waals surface area contributed by atoms with Gasteiger partial charge >= 0.3 is 0 Å². The molecule has 2 atom stereocenters. The zero-order valence-corrected chi connectivity index (χ0v) is 24.6. The zero-order chi connectivity index (χ0) is 28.3. The SMILES string of the molecule is CCOc1ccc(C(=O)[C@@H](CC[C@@H](CNC(C)(C)C)C(=O)c2ccc(OCC)cc2)CNC(C)(C)C)cc1. The Labute approximate surface area is 229 Å². The highest BCUT2D eigenvalue weighted by molar-refractivity contribution is 5.99. The number of Topliss-reactive ketones (excluding diaryl/α,β-unsaturated/α-hetero) is 2. The molecule has 0 fully saturated rings. The number of ketones is 2. The van der Waals surface area contributed by atoms with Crippen molar-refractivity contribution in [3.05, 3.63) is 59.7 Å². The molecule has 210 valence electrons. The van der Waals surface area contributed by atoms with Gasteiger partial charge in [-0.15, -0.1) is 0 Å². The summed E-state index contributed by atoms with van der Waals surface area (Å²) in [6, 6.07) is 14.7. The molecule has 0 amide bonds. The fourth-order valence-electron chi connectivity index (χ4n) is 4.15. The number of ether oxygens (including phenoxy) is 2. The summed E-state index contributed by atoms with van der Waals surface area (Å²) in [5, 5.41) is 7.01. The molecular weight excluding hydrogens is 476 g/mol. The third-order valence-corrected chi connectivity index (χ3v) is 6.26. The van der Waals surface area contributed by atoms with Crippen LogP contribution in [0.2, 0.25) is 0 Å². The third kappa shape index (κ3) is 11.0. The summed E-state index contributed by atoms with van der Waals surface area (Å²) in [6.45, 7) is 18.7. The normalized spacial score (nSPS) is 13.6. The molecule has 0 bridgehead atoms. The summed E-state index contributed by atoms with van der Waals surface area (Å²) in [4.78, 5) is 27.2. The molecule has 0 aliphatic heterocycles. The molecule has 0 aliphatic carbocycles. The average Bonchev–Trinajstić information content (AvgIpc) is 2.85. The lowest BCUT2D eigenvalue weighted by Gasteiger charge is -2.28. The second kappa shape index (κ2) is 14.5. The summed E-state index contributed by atoms with van der Waals surface area (Å²) in [5.41, 5.74) is 1.08. The van der Waals surface area contributed by atoms with Crippen LogP contribution in [-0.4, -0.2) is 48.9 Å². The molecule has 0 unspecified atom stereocenters. The first kappa shape index (κ1) is 31.5. The first-order valence-corrected chi connectivity index (χ1v) is 13.9. The van der Waals surface area contributed by atoms with Crippen molar-refractivity contribution < 1.29 is 19.1 Å². The second-order valence-electron chi connectivity index (χ2n) is 11.9. The molecule has 0 aromatic heterocycles. The molecule has 2 aromatic carbocycles. The van der Waals surface area contributed by atoms with Crippen LogP contribution in [0.25, 0.3) is 0 Å². The van der Waals surface area contributed by atoms with Gasteiger partial charge in [0, 0.05) is 47.1 Å². The van der Waals surface area contributed by atoms with E-state index < -0.39 is 0 Å². The van der Waals surface area contributed by atoms with Gasteiger partial charge in [0.2, 0.25) is 0 Å². The fourth-order valence-corrected chi connectivity index (χ4v) is 4.15. The van der Waals surface area contributed by atoms with E-state index in [2.05, 4.69) is 52.2 Å². The Balaban J connectivity index is 2.24. The van der Waals surface area contributed by atoms with Crippen LogP contribution in [0, 0.1) is 11.8 Å². The average molecular weight is 525 g/mol. The summed E-state index contributed by atoms with van der Waals surface area (Å²) >= 11 is 0. The maximum absolute atomic E-state index is 13.6. The number of hydrogen-bond donors (Lipinski definition) is 2. The number of carbonyl (C=O) groups excluding carboxylic acids is 2. The van der Waals surface area contributed by atoms with Crippen molar-refractivity contribution >= 4 is 11.6 Å². The Morgan fingerprint density at radius 1 is 0.632 bits per heavy atom. The smallest absolute Gasteiger partial charge is 0.167 e. The lowest BCUT2D eigenvalue weighted by molar-refractivity contribution is 0.0858. The fraction of sp³-hybridized carbons (Fsp3) is 0.562. The highest BCUT2D eigenvalue weighted by Gasteiger charge is 2.27. The molecule has 2 rings (SSSR count). The van der Waals surface area contributed by atoms with Crippen LogP contribution in [-0.2, 0) is 0 Å². The largest absolute Gasteiger partial charge is 0.494 e. The standard InChI is InChI=1S/C32H48N2O4/c1-9-37-27-17-13-23(14-18-27)29(35)25(21-33-31(3,4)5)11-12-26(22-34-32(6,7)8)30(36)24-15-19-28(20-16-24)38-10-2/h13-20,25-26,33-34H,9-12,21-22H2,1-8H3/t25-,26-/m0/s1. The minimum absolute atomic E-state index is 0.0841. The lowest BCUT2D eigenvalue weighted by atomic mass is 9.85. The highest BCUT2D eigenvalue weighted by Crippen LogP contribution is 2.24. The summed E-state index contributed by atoms with van der Waals surface area (Å²) in [7, 11) is 0. The van der Waals surface area contributed by atoms with E-state index in [1.54, 1.807) is 0 Å². The van der Waals surface area contributed by atoms with Gasteiger partial charge in [-0.3, -0.25) is 9.59 Å². The zero-order valence-electron chi connectivity index (χ0n) is 24.6. The molecule has 0 radical (unpaired) electrons. The third-order valence-electron chi connectivity index (χ3n) is 6.26. The Kier molecular flexibility index (Phi) is 12.0. The summed E-state index contributed by atoms with van der Waals surface area (Å²) < 4.78 is 11.1. The summed E-state index contributed by atoms with van der Waals surface area (Å²) in [6.07, 6.45) is 1.21. The van der Waals surface area contributed by atoms with E-state index in [0.29, 0.717) is 50.3 Å². The van der Waals surface area contributed by atoms with Crippen LogP contribution in [0.5, 0.6) is 11.5 Å². The Hall–Kier alpha value is -2.70. The molecule has 6 heteroatoms. The van der Waals surface area contributed by atoms with E-state index in [1.807, 2.05) is 62.4 Å². The predicted octanol–water partition coefficient (Wildman–Crippen LogP) is 6.34. The monoisotopic (exact) mass is 524 g/mol. The van der Waals surface area contributed by atoms with Crippen LogP contribution in [0.3, 0.4) is 0 Å². The number of benzene rings is 2. The second-order valence-corrected chi connectivity index (χ2v) is 11.9. The van der Waals surface area contributed by atoms with E-state index in [1.165, 1.54) is 0 Å². The van der Waals surface area contributed by atoms with E-state index in [4.69, 9.17) is 9.47 Å². The number of hydrogen-bond acceptors (Lipinski definition) is 6. The first-order valence-electron chi connectivity index (χ1n) is 13.9. The van der Waals surface area contributed by atoms with Crippen molar-refractivity contribution in [3.63, 3.8) is 0 Å². The number of carbonyl (C=O) groups is 2. The van der Waals surface area contributed by atoms with Crippen molar-refractivity contribution in [3.8, 4) is 11.5 Å². The number of rotatable bonds is 15. The molecule has 0 spiro atoms. The van der Waals surface area contributed by atoms with Gasteiger partial charge in [0.25, 0.3) is 0 Å². The van der Waals surface area contributed by atoms with Crippen molar-refractivity contribution in [2.45, 2.75) is 79.3 Å². The Bertz CT molecular complexity index is 918. The summed E-state index contributed by atoms with van der Waals surface area (Å²) in [5.74, 6) is 1.17. The Morgan fingerprint density at radius 3 is 1.21 bits per heavy atom. The minimum Gasteiger partial charge on any atom is -0.494 e. The molecule has 2 N–H and O–H groups in total. The van der Waals surface area contributed by atoms with E-state index in [-0.39, 0.29) is 34.5 Å². The van der Waals surface area contributed by atoms with Crippen molar-refractivity contribution in [2.24, 2.45) is 11.8 Å². The lowest BCUT2D eigenvalue weighted by Crippen LogP contribution is -2.42. The van der Waals surface area contributed by atoms with Crippen LogP contribution in [0.1, 0.15) is 88.9 Å². The van der Waals surface area contributed by atoms with E-state index >= 15 is 0 Å². The van der Waals surface area contributed by atoms with Gasteiger partial charge in [0.05, 0.1) is 13.2 Å². The Morgan fingerprint density at radius 2 is 0.947 bits per heavy atom. The predicted molar refractivity (Wildman–Crippen MR) is 156 cm³/mol. The quantitative estimate of drug-likeness (QED) is 0.265. The minimum atomic E-state index is -0.252. The van der Waals surface area contributed by atoms with Crippen molar-refractivity contribution in [1.82, 2.24) is 10.6 Å². The van der Waals surface area contributed by atoms with Crippen LogP contribution in [0.15, 0.2) is 48.5 Å². The van der Waals surface area contributed by atoms with E-state index in [0.717, 1.165) is 11.5 Å². The molecule has 0 aliphatic rings. The van der Waals surface area contributed by atoms with Crippen LogP contribution in [0.4, 0.5) is 0 Å². The van der Waals surface area contributed by atoms with Crippen LogP contribution < -0.4 is 20.1 Å². The molecule has 38 heavy (non-hydrogen) atoms. The van der Waals surface area contributed by atoms with Gasteiger partial charge in [-0.25, -0.2) is 0 Å². The molecule has 0 saturated carbocycles. The molecule has 0 heterocycles. The van der Waals surface area contributed by atoms with Gasteiger partial charge in [0.1, 0.15) is 11.5 Å². The molecule has 6 nitrogen and oxygen atoms in total. The van der Waals surface area contributed by atoms with Crippen LogP contribution >= 0.6 is 0 Å². The topological polar surface area (TPSA) is 76.7 Å². The van der Waals surface area contributed by atoms with Crippen molar-refractivity contribution in [1.29, 1.82) is 0 Å². The maximum atomic E-state index is 13.6. The van der Waals surface area contributed by atoms with Gasteiger partial charge in [-0.1, -0.05) is 0 Å². The number of nitrogens with one attached hydrogen (secondary N) is 2. The van der Waals surface area contributed by atoms with Crippen molar-refractivity contribution in [2.75, 3.05) is 26.3 Å². The highest BCUT2D eigenvalue weighted by atomic mass is 16.5. The molecule has 2 aromatic rings. The van der Waals surface area contributed by atoms with Gasteiger partial charge in [-0.05, 0) is 117 Å². The van der Waals surface area contributed by atoms with Gasteiger partial charge in [-0.2, -0.15) is 0 Å². The van der Waals surface area contributed by atoms with Gasteiger partial charge < -0.3 is 20.1 Å². The molecule has 0 saturated heterocycles. The van der Waals surface area contributed by atoms with E-state index in [9.17, 15) is 9.59 Å². The van der Waals surface area contributed by atoms with Gasteiger partial charge in [0.15, 0.2) is 11.6 Å².